The molecule has 3 unspecified atom stereocenters. The Morgan fingerprint density at radius 2 is 2.08 bits per heavy atom. The molecule has 2 aliphatic rings. The number of hydrogen-bond donors (Lipinski definition) is 2. The summed E-state index contributed by atoms with van der Waals surface area (Å²) in [6.45, 7) is 2.12. The molecule has 68 valence electrons. The molecule has 0 heterocycles. The Bertz CT molecular complexity index is 220. The van der Waals surface area contributed by atoms with Crippen molar-refractivity contribution in [3.63, 3.8) is 0 Å². The highest BCUT2D eigenvalue weighted by atomic mass is 16.4. The van der Waals surface area contributed by atoms with Crippen LogP contribution < -0.4 is 0 Å². The number of aliphatic hydroxyl groups excluding tert-OH is 1. The predicted molar refractivity (Wildman–Crippen MR) is 42.6 cm³/mol. The highest BCUT2D eigenvalue weighted by Crippen LogP contribution is 2.65. The smallest absolute Gasteiger partial charge is 0.333 e. The van der Waals surface area contributed by atoms with Crippen molar-refractivity contribution >= 4 is 5.97 Å². The fourth-order valence-corrected chi connectivity index (χ4v) is 2.36. The first-order valence-electron chi connectivity index (χ1n) is 4.49. The van der Waals surface area contributed by atoms with E-state index in [4.69, 9.17) is 5.11 Å². The minimum absolute atomic E-state index is 0.231. The summed E-state index contributed by atoms with van der Waals surface area (Å²) < 4.78 is 0. The first-order chi connectivity index (χ1) is 5.58. The van der Waals surface area contributed by atoms with Crippen LogP contribution in [0.1, 0.15) is 26.2 Å². The number of aliphatic hydroxyl groups is 1. The third-order valence-corrected chi connectivity index (χ3v) is 3.45. The van der Waals surface area contributed by atoms with Gasteiger partial charge in [-0.25, -0.2) is 4.79 Å². The monoisotopic (exact) mass is 170 g/mol. The molecule has 0 amide bonds. The van der Waals surface area contributed by atoms with Gasteiger partial charge in [0.1, 0.15) is 0 Å². The van der Waals surface area contributed by atoms with E-state index in [1.54, 1.807) is 0 Å². The Morgan fingerprint density at radius 1 is 1.58 bits per heavy atom. The van der Waals surface area contributed by atoms with Crippen molar-refractivity contribution in [2.24, 2.45) is 17.3 Å². The van der Waals surface area contributed by atoms with Gasteiger partial charge in [0.25, 0.3) is 0 Å². The van der Waals surface area contributed by atoms with Gasteiger partial charge in [0, 0.05) is 5.41 Å². The van der Waals surface area contributed by atoms with Gasteiger partial charge in [0.15, 0.2) is 6.10 Å². The fraction of sp³-hybridized carbons (Fsp3) is 0.889. The molecule has 0 bridgehead atoms. The summed E-state index contributed by atoms with van der Waals surface area (Å²) in [7, 11) is 0. The maximum absolute atomic E-state index is 10.6. The fourth-order valence-electron chi connectivity index (χ4n) is 2.36. The molecule has 2 saturated carbocycles. The molecule has 2 aliphatic carbocycles. The number of aliphatic carboxylic acids is 1. The van der Waals surface area contributed by atoms with Gasteiger partial charge in [-0.1, -0.05) is 6.92 Å². The van der Waals surface area contributed by atoms with Gasteiger partial charge in [-0.3, -0.25) is 0 Å². The van der Waals surface area contributed by atoms with E-state index in [9.17, 15) is 9.90 Å². The topological polar surface area (TPSA) is 57.5 Å². The van der Waals surface area contributed by atoms with E-state index in [2.05, 4.69) is 6.92 Å². The van der Waals surface area contributed by atoms with Crippen LogP contribution in [0.5, 0.6) is 0 Å². The van der Waals surface area contributed by atoms with Crippen LogP contribution in [-0.2, 0) is 4.79 Å². The maximum atomic E-state index is 10.6. The van der Waals surface area contributed by atoms with E-state index in [-0.39, 0.29) is 5.41 Å². The molecular weight excluding hydrogens is 156 g/mol. The molecule has 2 rings (SSSR count). The highest BCUT2D eigenvalue weighted by Gasteiger charge is 2.63. The highest BCUT2D eigenvalue weighted by molar-refractivity contribution is 5.74. The first-order valence-corrected chi connectivity index (χ1v) is 4.49. The van der Waals surface area contributed by atoms with Crippen molar-refractivity contribution in [3.05, 3.63) is 0 Å². The average molecular weight is 170 g/mol. The number of hydrogen-bond acceptors (Lipinski definition) is 2. The van der Waals surface area contributed by atoms with Crippen molar-refractivity contribution in [3.8, 4) is 0 Å². The van der Waals surface area contributed by atoms with Gasteiger partial charge in [-0.2, -0.15) is 0 Å². The van der Waals surface area contributed by atoms with E-state index in [0.29, 0.717) is 11.8 Å². The molecule has 0 aromatic heterocycles. The van der Waals surface area contributed by atoms with Gasteiger partial charge < -0.3 is 10.2 Å². The molecule has 0 spiro atoms. The normalized spacial score (nSPS) is 38.8. The van der Waals surface area contributed by atoms with Gasteiger partial charge in [0.2, 0.25) is 0 Å². The second kappa shape index (κ2) is 2.22. The summed E-state index contributed by atoms with van der Waals surface area (Å²) in [5, 5.41) is 18.1. The lowest BCUT2D eigenvalue weighted by atomic mass is 9.92. The van der Waals surface area contributed by atoms with Gasteiger partial charge >= 0.3 is 5.97 Å². The lowest BCUT2D eigenvalue weighted by Crippen LogP contribution is -2.32. The van der Waals surface area contributed by atoms with E-state index in [1.807, 2.05) is 0 Å². The molecule has 0 aromatic rings. The molecule has 0 radical (unpaired) electrons. The molecule has 3 heteroatoms. The number of carbonyl (C=O) groups is 1. The second-order valence-electron chi connectivity index (χ2n) is 4.29. The molecule has 12 heavy (non-hydrogen) atoms. The van der Waals surface area contributed by atoms with Crippen molar-refractivity contribution in [2.45, 2.75) is 32.3 Å². The summed E-state index contributed by atoms with van der Waals surface area (Å²) in [6, 6.07) is 0. The Kier molecular flexibility index (Phi) is 1.49. The van der Waals surface area contributed by atoms with Crippen molar-refractivity contribution < 1.29 is 15.0 Å². The van der Waals surface area contributed by atoms with Crippen molar-refractivity contribution in [2.75, 3.05) is 0 Å². The molecule has 3 atom stereocenters. The van der Waals surface area contributed by atoms with Crippen LogP contribution in [0.25, 0.3) is 0 Å². The standard InChI is InChI=1S/C9H14O3/c1-5-4-6(5)9(2-3-9)7(10)8(11)12/h5-7,10H,2-4H2,1H3,(H,11,12). The summed E-state index contributed by atoms with van der Waals surface area (Å²) >= 11 is 0. The van der Waals surface area contributed by atoms with Crippen molar-refractivity contribution in [1.82, 2.24) is 0 Å². The SMILES string of the molecule is CC1CC1C1(C(O)C(=O)O)CC1. The summed E-state index contributed by atoms with van der Waals surface area (Å²) in [5.74, 6) is 0.0525. The van der Waals surface area contributed by atoms with Crippen LogP contribution in [0.4, 0.5) is 0 Å². The van der Waals surface area contributed by atoms with E-state index in [0.717, 1.165) is 19.3 Å². The Hall–Kier alpha value is -0.570. The average Bonchev–Trinajstić information content (AvgIpc) is 2.82. The number of rotatable bonds is 3. The molecular formula is C9H14O3. The lowest BCUT2D eigenvalue weighted by molar-refractivity contribution is -0.151. The van der Waals surface area contributed by atoms with Crippen LogP contribution >= 0.6 is 0 Å². The number of carboxylic acid groups (broad SMARTS) is 1. The van der Waals surface area contributed by atoms with Crippen molar-refractivity contribution in [1.29, 1.82) is 0 Å². The number of carboxylic acids is 1. The zero-order valence-electron chi connectivity index (χ0n) is 7.16. The van der Waals surface area contributed by atoms with Crippen LogP contribution in [-0.4, -0.2) is 22.3 Å². The van der Waals surface area contributed by atoms with Gasteiger partial charge in [-0.05, 0) is 31.1 Å². The Balaban J connectivity index is 2.06. The molecule has 2 N–H and O–H groups in total. The van der Waals surface area contributed by atoms with Crippen LogP contribution in [0.3, 0.4) is 0 Å². The van der Waals surface area contributed by atoms with E-state index in [1.165, 1.54) is 0 Å². The van der Waals surface area contributed by atoms with Gasteiger partial charge in [0.05, 0.1) is 0 Å². The van der Waals surface area contributed by atoms with Gasteiger partial charge in [-0.15, -0.1) is 0 Å². The minimum Gasteiger partial charge on any atom is -0.479 e. The third kappa shape index (κ3) is 0.959. The van der Waals surface area contributed by atoms with E-state index >= 15 is 0 Å². The molecule has 0 aliphatic heterocycles. The van der Waals surface area contributed by atoms with E-state index < -0.39 is 12.1 Å². The Morgan fingerprint density at radius 3 is 2.33 bits per heavy atom. The predicted octanol–water partition coefficient (Wildman–Crippen LogP) is 0.868. The largest absolute Gasteiger partial charge is 0.479 e. The third-order valence-electron chi connectivity index (χ3n) is 3.45. The maximum Gasteiger partial charge on any atom is 0.333 e. The van der Waals surface area contributed by atoms with Crippen LogP contribution in [0, 0.1) is 17.3 Å². The second-order valence-corrected chi connectivity index (χ2v) is 4.29. The minimum atomic E-state index is -1.12. The zero-order chi connectivity index (χ0) is 8.93. The summed E-state index contributed by atoms with van der Waals surface area (Å²) in [4.78, 5) is 10.6. The Labute approximate surface area is 71.4 Å². The zero-order valence-corrected chi connectivity index (χ0v) is 7.16. The molecule has 0 aromatic carbocycles. The molecule has 0 saturated heterocycles. The lowest BCUT2D eigenvalue weighted by Gasteiger charge is -2.17. The summed E-state index contributed by atoms with van der Waals surface area (Å²) in [6.07, 6.45) is 1.78. The molecule has 2 fully saturated rings. The first kappa shape index (κ1) is 8.05. The van der Waals surface area contributed by atoms with Crippen LogP contribution in [0.15, 0.2) is 0 Å². The quantitative estimate of drug-likeness (QED) is 0.660. The summed E-state index contributed by atoms with van der Waals surface area (Å²) in [5.41, 5.74) is -0.231. The van der Waals surface area contributed by atoms with Crippen LogP contribution in [0.2, 0.25) is 0 Å². The molecule has 3 nitrogen and oxygen atoms in total.